The van der Waals surface area contributed by atoms with Crippen molar-refractivity contribution in [3.05, 3.63) is 47.5 Å². The summed E-state index contributed by atoms with van der Waals surface area (Å²) >= 11 is 1.06. The van der Waals surface area contributed by atoms with E-state index < -0.39 is 16.1 Å². The number of sulfonamides is 1. The first kappa shape index (κ1) is 16.8. The molecule has 1 saturated heterocycles. The van der Waals surface area contributed by atoms with E-state index in [1.54, 1.807) is 12.1 Å². The van der Waals surface area contributed by atoms with Gasteiger partial charge in [0.15, 0.2) is 0 Å². The lowest BCUT2D eigenvalue weighted by atomic mass is 9.94. The highest BCUT2D eigenvalue weighted by Crippen LogP contribution is 2.42. The molecule has 8 heteroatoms. The molecule has 24 heavy (non-hydrogen) atoms. The monoisotopic (exact) mass is 364 g/mol. The van der Waals surface area contributed by atoms with Crippen LogP contribution in [-0.2, 0) is 10.0 Å². The van der Waals surface area contributed by atoms with Crippen molar-refractivity contribution in [3.8, 4) is 16.9 Å². The van der Waals surface area contributed by atoms with Gasteiger partial charge in [0.25, 0.3) is 5.24 Å². The molecular weight excluding hydrogens is 348 g/mol. The zero-order chi connectivity index (χ0) is 17.5. The molecule has 1 unspecified atom stereocenters. The second-order valence-electron chi connectivity index (χ2n) is 5.58. The number of rotatable bonds is 3. The van der Waals surface area contributed by atoms with Crippen LogP contribution in [0.3, 0.4) is 0 Å². The zero-order valence-electron chi connectivity index (χ0n) is 12.8. The van der Waals surface area contributed by atoms with E-state index in [1.807, 2.05) is 19.1 Å². The molecule has 0 saturated carbocycles. The Balaban J connectivity index is 2.30. The molecule has 2 aromatic rings. The topological polar surface area (TPSA) is 109 Å². The van der Waals surface area contributed by atoms with Gasteiger partial charge in [-0.25, -0.2) is 13.6 Å². The van der Waals surface area contributed by atoms with Gasteiger partial charge in [0.05, 0.1) is 10.9 Å². The van der Waals surface area contributed by atoms with E-state index in [2.05, 4.69) is 5.32 Å². The van der Waals surface area contributed by atoms with Crippen LogP contribution in [0.1, 0.15) is 17.2 Å². The number of aromatic hydroxyl groups is 1. The molecule has 2 aromatic carbocycles. The number of primary sulfonamides is 1. The quantitative estimate of drug-likeness (QED) is 0.775. The Bertz CT molecular complexity index is 908. The molecule has 6 nitrogen and oxygen atoms in total. The fourth-order valence-corrected chi connectivity index (χ4v) is 4.35. The van der Waals surface area contributed by atoms with Gasteiger partial charge in [-0.15, -0.1) is 0 Å². The van der Waals surface area contributed by atoms with Gasteiger partial charge < -0.3 is 10.4 Å². The Morgan fingerprint density at radius 3 is 2.42 bits per heavy atom. The maximum Gasteiger partial charge on any atom is 0.279 e. The first-order valence-electron chi connectivity index (χ1n) is 7.16. The largest absolute Gasteiger partial charge is 0.507 e. The van der Waals surface area contributed by atoms with Gasteiger partial charge in [0.2, 0.25) is 10.0 Å². The van der Waals surface area contributed by atoms with E-state index in [0.717, 1.165) is 17.3 Å². The second kappa shape index (κ2) is 6.12. The number of aryl methyl sites for hydroxylation is 1. The molecule has 0 radical (unpaired) electrons. The van der Waals surface area contributed by atoms with Crippen LogP contribution in [0.2, 0.25) is 0 Å². The van der Waals surface area contributed by atoms with Crippen LogP contribution in [0.5, 0.6) is 5.75 Å². The third-order valence-corrected chi connectivity index (χ3v) is 5.70. The van der Waals surface area contributed by atoms with Crippen molar-refractivity contribution in [2.24, 2.45) is 5.14 Å². The maximum absolute atomic E-state index is 12.0. The number of carbonyl (C=O) groups is 1. The predicted molar refractivity (Wildman–Crippen MR) is 93.4 cm³/mol. The predicted octanol–water partition coefficient (Wildman–Crippen LogP) is 2.51. The summed E-state index contributed by atoms with van der Waals surface area (Å²) in [6.07, 6.45) is 0. The van der Waals surface area contributed by atoms with E-state index >= 15 is 0 Å². The lowest BCUT2D eigenvalue weighted by Crippen LogP contribution is -2.23. The van der Waals surface area contributed by atoms with Gasteiger partial charge in [0.1, 0.15) is 5.75 Å². The van der Waals surface area contributed by atoms with Crippen molar-refractivity contribution < 1.29 is 18.3 Å². The molecule has 1 aliphatic heterocycles. The van der Waals surface area contributed by atoms with Crippen LogP contribution >= 0.6 is 11.8 Å². The molecule has 1 fully saturated rings. The summed E-state index contributed by atoms with van der Waals surface area (Å²) in [6.45, 7) is 1.93. The highest BCUT2D eigenvalue weighted by Gasteiger charge is 2.32. The van der Waals surface area contributed by atoms with Gasteiger partial charge in [-0.05, 0) is 24.6 Å². The minimum atomic E-state index is -4.02. The highest BCUT2D eigenvalue weighted by atomic mass is 32.2. The molecular formula is C16H16N2O4S2. The van der Waals surface area contributed by atoms with E-state index in [9.17, 15) is 18.3 Å². The molecule has 0 aromatic heterocycles. The molecule has 4 N–H and O–H groups in total. The maximum atomic E-state index is 12.0. The zero-order valence-corrected chi connectivity index (χ0v) is 14.4. The number of hydrogen-bond acceptors (Lipinski definition) is 5. The summed E-state index contributed by atoms with van der Waals surface area (Å²) in [5.41, 5.74) is 2.38. The normalized spacial score (nSPS) is 17.8. The summed E-state index contributed by atoms with van der Waals surface area (Å²) < 4.78 is 24.0. The Hall–Kier alpha value is -2.03. The third-order valence-electron chi connectivity index (χ3n) is 3.85. The van der Waals surface area contributed by atoms with Gasteiger partial charge in [-0.3, -0.25) is 4.79 Å². The minimum absolute atomic E-state index is 0.0626. The van der Waals surface area contributed by atoms with Crippen LogP contribution in [-0.4, -0.2) is 24.5 Å². The number of benzene rings is 2. The van der Waals surface area contributed by atoms with Crippen molar-refractivity contribution in [2.45, 2.75) is 17.9 Å². The molecule has 1 heterocycles. The van der Waals surface area contributed by atoms with Gasteiger partial charge >= 0.3 is 0 Å². The number of phenolic OH excluding ortho intramolecular Hbond substituents is 1. The van der Waals surface area contributed by atoms with Gasteiger partial charge in [-0.1, -0.05) is 41.6 Å². The Labute approximate surface area is 144 Å². The molecule has 3 rings (SSSR count). The summed E-state index contributed by atoms with van der Waals surface area (Å²) in [4.78, 5) is 11.5. The van der Waals surface area contributed by atoms with E-state index in [0.29, 0.717) is 22.4 Å². The summed E-state index contributed by atoms with van der Waals surface area (Å²) in [5, 5.41) is 18.2. The summed E-state index contributed by atoms with van der Waals surface area (Å²) in [7, 11) is -4.02. The van der Waals surface area contributed by atoms with E-state index in [4.69, 9.17) is 5.14 Å². The lowest BCUT2D eigenvalue weighted by Gasteiger charge is -2.20. The van der Waals surface area contributed by atoms with Crippen LogP contribution in [0.25, 0.3) is 11.1 Å². The fraction of sp³-hybridized carbons (Fsp3) is 0.188. The van der Waals surface area contributed by atoms with Crippen LogP contribution in [0.4, 0.5) is 4.79 Å². The average molecular weight is 364 g/mol. The molecule has 0 spiro atoms. The standard InChI is InChI=1S/C16H16N2O4S2/c1-9-2-4-10(5-3-9)14-12(19)6-7-13(24(17,21)22)15(14)11-8-23-16(20)18-11/h2-7,11,19H,8H2,1H3,(H,18,20)(H2,17,21,22). The number of nitrogens with one attached hydrogen (secondary N) is 1. The fourth-order valence-electron chi connectivity index (χ4n) is 2.75. The number of thioether (sulfide) groups is 1. The number of amides is 1. The SMILES string of the molecule is Cc1ccc(-c2c(O)ccc(S(N)(=O)=O)c2C2CSC(=O)N2)cc1. The van der Waals surface area contributed by atoms with Crippen molar-refractivity contribution in [1.82, 2.24) is 5.32 Å². The number of carbonyl (C=O) groups excluding carboxylic acids is 1. The lowest BCUT2D eigenvalue weighted by molar-refractivity contribution is 0.260. The second-order valence-corrected chi connectivity index (χ2v) is 8.10. The van der Waals surface area contributed by atoms with Crippen LogP contribution in [0, 0.1) is 6.92 Å². The molecule has 1 aliphatic rings. The first-order chi connectivity index (χ1) is 11.3. The summed E-state index contributed by atoms with van der Waals surface area (Å²) in [6, 6.07) is 9.36. The number of hydrogen-bond donors (Lipinski definition) is 3. The average Bonchev–Trinajstić information content (AvgIpc) is 2.93. The Morgan fingerprint density at radius 1 is 1.21 bits per heavy atom. The Kier molecular flexibility index (Phi) is 4.29. The van der Waals surface area contributed by atoms with Crippen molar-refractivity contribution in [1.29, 1.82) is 0 Å². The molecule has 1 atom stereocenters. The first-order valence-corrected chi connectivity index (χ1v) is 9.69. The highest BCUT2D eigenvalue weighted by molar-refractivity contribution is 8.13. The van der Waals surface area contributed by atoms with Crippen molar-refractivity contribution >= 4 is 27.0 Å². The minimum Gasteiger partial charge on any atom is -0.507 e. The van der Waals surface area contributed by atoms with E-state index in [-0.39, 0.29) is 15.9 Å². The molecule has 0 aliphatic carbocycles. The third kappa shape index (κ3) is 3.12. The van der Waals surface area contributed by atoms with Gasteiger partial charge in [-0.2, -0.15) is 0 Å². The summed E-state index contributed by atoms with van der Waals surface area (Å²) in [5.74, 6) is 0.302. The number of phenols is 1. The van der Waals surface area contributed by atoms with E-state index in [1.165, 1.54) is 12.1 Å². The van der Waals surface area contributed by atoms with Crippen LogP contribution < -0.4 is 10.5 Å². The molecule has 0 bridgehead atoms. The Morgan fingerprint density at radius 2 is 1.88 bits per heavy atom. The smallest absolute Gasteiger partial charge is 0.279 e. The van der Waals surface area contributed by atoms with Crippen LogP contribution in [0.15, 0.2) is 41.3 Å². The molecule has 1 amide bonds. The van der Waals surface area contributed by atoms with Crippen molar-refractivity contribution in [3.63, 3.8) is 0 Å². The number of nitrogens with two attached hydrogens (primary N) is 1. The molecule has 126 valence electrons. The van der Waals surface area contributed by atoms with Crippen molar-refractivity contribution in [2.75, 3.05) is 5.75 Å². The van der Waals surface area contributed by atoms with Gasteiger partial charge in [0, 0.05) is 16.9 Å².